The van der Waals surface area contributed by atoms with Gasteiger partial charge in [-0.25, -0.2) is 15.0 Å². The quantitative estimate of drug-likeness (QED) is 0.202. The van der Waals surface area contributed by atoms with Gasteiger partial charge in [0.1, 0.15) is 17.3 Å². The van der Waals surface area contributed by atoms with E-state index >= 15 is 0 Å². The zero-order valence-electron chi connectivity index (χ0n) is 25.6. The maximum absolute atomic E-state index is 6.57. The first-order valence-corrected chi connectivity index (χ1v) is 15.3. The van der Waals surface area contributed by atoms with Crippen molar-refractivity contribution in [2.45, 2.75) is 26.2 Å². The van der Waals surface area contributed by atoms with Crippen molar-refractivity contribution < 1.29 is 4.74 Å². The Bertz CT molecular complexity index is 2620. The molecule has 6 heterocycles. The number of pyridine rings is 3. The van der Waals surface area contributed by atoms with Gasteiger partial charge in [0, 0.05) is 41.5 Å². The Morgan fingerprint density at radius 1 is 0.587 bits per heavy atom. The van der Waals surface area contributed by atoms with Crippen molar-refractivity contribution in [3.63, 3.8) is 0 Å². The molecule has 0 unspecified atom stereocenters. The van der Waals surface area contributed by atoms with E-state index < -0.39 is 0 Å². The number of imidazole rings is 2. The SMILES string of the molecule is CC(C)(C)c1ccnc(-n2c3ccccc3c3ccc(Oc4cccc(-n5c6ncccc6n6c7cccnc7nc56)c4)cc32)c1. The Balaban J connectivity index is 1.17. The Kier molecular flexibility index (Phi) is 5.59. The highest BCUT2D eigenvalue weighted by molar-refractivity contribution is 6.09. The minimum Gasteiger partial charge on any atom is -0.457 e. The molecule has 6 aromatic heterocycles. The van der Waals surface area contributed by atoms with Crippen LogP contribution in [0, 0.1) is 0 Å². The van der Waals surface area contributed by atoms with Crippen LogP contribution in [0.15, 0.2) is 122 Å². The van der Waals surface area contributed by atoms with Crippen molar-refractivity contribution in [2.75, 3.05) is 0 Å². The van der Waals surface area contributed by atoms with Crippen LogP contribution in [-0.4, -0.2) is 33.5 Å². The second-order valence-corrected chi connectivity index (χ2v) is 12.6. The zero-order valence-corrected chi connectivity index (χ0v) is 25.6. The normalized spacial score (nSPS) is 12.2. The molecule has 0 spiro atoms. The van der Waals surface area contributed by atoms with Crippen molar-refractivity contribution in [2.24, 2.45) is 0 Å². The molecule has 0 saturated carbocycles. The predicted octanol–water partition coefficient (Wildman–Crippen LogP) is 8.80. The van der Waals surface area contributed by atoms with Crippen molar-refractivity contribution in [1.29, 1.82) is 0 Å². The lowest BCUT2D eigenvalue weighted by molar-refractivity contribution is 0.483. The molecular weight excluding hydrogens is 570 g/mol. The summed E-state index contributed by atoms with van der Waals surface area (Å²) in [5.74, 6) is 3.07. The molecule has 0 saturated heterocycles. The van der Waals surface area contributed by atoms with Crippen molar-refractivity contribution >= 4 is 49.9 Å². The zero-order chi connectivity index (χ0) is 31.0. The van der Waals surface area contributed by atoms with Crippen LogP contribution < -0.4 is 4.74 Å². The number of nitrogens with zero attached hydrogens (tertiary/aromatic N) is 7. The summed E-state index contributed by atoms with van der Waals surface area (Å²) < 4.78 is 13.0. The number of para-hydroxylation sites is 1. The minimum atomic E-state index is 0.00150. The summed E-state index contributed by atoms with van der Waals surface area (Å²) >= 11 is 0. The van der Waals surface area contributed by atoms with Gasteiger partial charge in [0.25, 0.3) is 0 Å². The summed E-state index contributed by atoms with van der Waals surface area (Å²) in [5.41, 5.74) is 7.66. The van der Waals surface area contributed by atoms with Crippen molar-refractivity contribution in [3.05, 3.63) is 127 Å². The lowest BCUT2D eigenvalue weighted by Gasteiger charge is -2.20. The van der Waals surface area contributed by atoms with Gasteiger partial charge in [-0.15, -0.1) is 0 Å². The molecule has 0 amide bonds. The molecule has 0 aliphatic carbocycles. The van der Waals surface area contributed by atoms with Crippen LogP contribution in [-0.2, 0) is 5.41 Å². The first-order valence-electron chi connectivity index (χ1n) is 15.3. The monoisotopic (exact) mass is 599 g/mol. The minimum absolute atomic E-state index is 0.00150. The topological polar surface area (TPSA) is 75.1 Å². The second-order valence-electron chi connectivity index (χ2n) is 12.6. The summed E-state index contributed by atoms with van der Waals surface area (Å²) in [5, 5.41) is 2.32. The number of benzene rings is 3. The van der Waals surface area contributed by atoms with E-state index in [0.29, 0.717) is 11.4 Å². The van der Waals surface area contributed by atoms with Gasteiger partial charge in [-0.3, -0.25) is 13.5 Å². The fraction of sp³-hybridized carbons (Fsp3) is 0.105. The third kappa shape index (κ3) is 4.00. The fourth-order valence-corrected chi connectivity index (χ4v) is 6.45. The van der Waals surface area contributed by atoms with Crippen LogP contribution in [0.2, 0.25) is 0 Å². The van der Waals surface area contributed by atoms with Gasteiger partial charge in [-0.2, -0.15) is 4.98 Å². The van der Waals surface area contributed by atoms with E-state index in [1.54, 1.807) is 12.4 Å². The highest BCUT2D eigenvalue weighted by Crippen LogP contribution is 2.36. The molecule has 0 aliphatic rings. The molecule has 222 valence electrons. The van der Waals surface area contributed by atoms with Gasteiger partial charge in [0.2, 0.25) is 5.78 Å². The third-order valence-corrected chi connectivity index (χ3v) is 8.63. The Hall–Kier alpha value is -6.02. The summed E-state index contributed by atoms with van der Waals surface area (Å²) in [4.78, 5) is 18.9. The summed E-state index contributed by atoms with van der Waals surface area (Å²) in [6.45, 7) is 6.67. The van der Waals surface area contributed by atoms with Gasteiger partial charge in [0.15, 0.2) is 11.3 Å². The molecule has 46 heavy (non-hydrogen) atoms. The number of aromatic nitrogens is 7. The molecule has 0 aliphatic heterocycles. The molecule has 0 atom stereocenters. The van der Waals surface area contributed by atoms with Crippen LogP contribution in [0.5, 0.6) is 11.5 Å². The molecule has 0 radical (unpaired) electrons. The average Bonchev–Trinajstić information content (AvgIpc) is 3.71. The van der Waals surface area contributed by atoms with Crippen molar-refractivity contribution in [1.82, 2.24) is 33.5 Å². The number of hydrogen-bond donors (Lipinski definition) is 0. The van der Waals surface area contributed by atoms with E-state index in [2.05, 4.69) is 93.9 Å². The highest BCUT2D eigenvalue weighted by atomic mass is 16.5. The molecule has 9 rings (SSSR count). The van der Waals surface area contributed by atoms with E-state index in [1.807, 2.05) is 54.7 Å². The molecular formula is C38H29N7O. The van der Waals surface area contributed by atoms with Crippen LogP contribution in [0.1, 0.15) is 26.3 Å². The van der Waals surface area contributed by atoms with Gasteiger partial charge >= 0.3 is 0 Å². The smallest absolute Gasteiger partial charge is 0.223 e. The van der Waals surface area contributed by atoms with Crippen LogP contribution in [0.3, 0.4) is 0 Å². The van der Waals surface area contributed by atoms with Crippen LogP contribution in [0.4, 0.5) is 0 Å². The Morgan fingerprint density at radius 2 is 1.37 bits per heavy atom. The molecule has 0 N–H and O–H groups in total. The predicted molar refractivity (Wildman–Crippen MR) is 182 cm³/mol. The van der Waals surface area contributed by atoms with Crippen LogP contribution in [0.25, 0.3) is 61.4 Å². The number of fused-ring (bicyclic) bond motifs is 8. The second kappa shape index (κ2) is 9.74. The maximum Gasteiger partial charge on any atom is 0.223 e. The molecule has 0 bridgehead atoms. The Labute approximate surface area is 264 Å². The summed E-state index contributed by atoms with van der Waals surface area (Å²) in [6.07, 6.45) is 5.47. The Morgan fingerprint density at radius 3 is 2.26 bits per heavy atom. The van der Waals surface area contributed by atoms with E-state index in [-0.39, 0.29) is 5.41 Å². The van der Waals surface area contributed by atoms with E-state index in [0.717, 1.165) is 56.1 Å². The van der Waals surface area contributed by atoms with Crippen molar-refractivity contribution in [3.8, 4) is 23.0 Å². The molecule has 8 nitrogen and oxygen atoms in total. The van der Waals surface area contributed by atoms with E-state index in [1.165, 1.54) is 10.9 Å². The number of rotatable bonds is 4. The third-order valence-electron chi connectivity index (χ3n) is 8.63. The lowest BCUT2D eigenvalue weighted by Crippen LogP contribution is -2.12. The fourth-order valence-electron chi connectivity index (χ4n) is 6.45. The lowest BCUT2D eigenvalue weighted by atomic mass is 9.88. The largest absolute Gasteiger partial charge is 0.457 e. The molecule has 0 fully saturated rings. The average molecular weight is 600 g/mol. The first kappa shape index (κ1) is 26.4. The van der Waals surface area contributed by atoms with Crippen LogP contribution >= 0.6 is 0 Å². The van der Waals surface area contributed by atoms with E-state index in [9.17, 15) is 0 Å². The molecule has 9 aromatic rings. The van der Waals surface area contributed by atoms with E-state index in [4.69, 9.17) is 19.7 Å². The van der Waals surface area contributed by atoms with Gasteiger partial charge in [-0.05, 0) is 77.7 Å². The first-order chi connectivity index (χ1) is 22.4. The number of ether oxygens (including phenoxy) is 1. The van der Waals surface area contributed by atoms with Gasteiger partial charge < -0.3 is 4.74 Å². The summed E-state index contributed by atoms with van der Waals surface area (Å²) in [7, 11) is 0. The maximum atomic E-state index is 6.57. The number of hydrogen-bond acceptors (Lipinski definition) is 5. The standard InChI is InChI=1S/C38H29N7O/c1-38(2,3)24-17-20-39-34(21-24)44-30-12-5-4-11-28(30)29-16-15-27(23-33(29)44)46-26-10-6-9-25(22-26)43-36-32(14-8-19-41-36)45-31-13-7-18-40-35(31)42-37(43)45/h4-23H,1-3H3. The van der Waals surface area contributed by atoms with Gasteiger partial charge in [-0.1, -0.05) is 45.0 Å². The molecule has 3 aromatic carbocycles. The summed E-state index contributed by atoms with van der Waals surface area (Å²) in [6, 6.07) is 35.0. The molecule has 8 heteroatoms. The highest BCUT2D eigenvalue weighted by Gasteiger charge is 2.20. The van der Waals surface area contributed by atoms with Gasteiger partial charge in [0.05, 0.1) is 27.8 Å².